The number of pyridine rings is 2. The maximum absolute atomic E-state index is 13.7. The fraction of sp³-hybridized carbons (Fsp3) is 0.448. The Morgan fingerprint density at radius 3 is 2.62 bits per heavy atom. The topological polar surface area (TPSA) is 111 Å². The second kappa shape index (κ2) is 9.78. The Morgan fingerprint density at radius 1 is 1.21 bits per heavy atom. The number of fused-ring (bicyclic) bond motifs is 5. The second-order valence-corrected chi connectivity index (χ2v) is 23.6. The first-order valence-corrected chi connectivity index (χ1v) is 21.1. The number of benzene rings is 1. The number of nitrogens with zero attached hydrogens (tertiary/aromatic N) is 3. The van der Waals surface area contributed by atoms with Gasteiger partial charge in [-0.25, -0.2) is 0 Å². The number of hydrogen-bond acceptors (Lipinski definition) is 7. The van der Waals surface area contributed by atoms with E-state index < -0.39 is 24.8 Å². The quantitative estimate of drug-likeness (QED) is 0.258. The summed E-state index contributed by atoms with van der Waals surface area (Å²) in [7, 11) is 3.38. The minimum absolute atomic E-state index is 0.0585. The molecule has 0 spiro atoms. The van der Waals surface area contributed by atoms with Gasteiger partial charge in [-0.05, 0) is 0 Å². The van der Waals surface area contributed by atoms with E-state index >= 15 is 0 Å². The number of ether oxygens (including phenoxy) is 2. The Labute approximate surface area is 230 Å². The molecule has 0 saturated heterocycles. The van der Waals surface area contributed by atoms with Crippen molar-refractivity contribution in [3.8, 4) is 17.1 Å². The summed E-state index contributed by atoms with van der Waals surface area (Å²) in [6.45, 7) is 1.84. The molecule has 1 amide bonds. The fourth-order valence-corrected chi connectivity index (χ4v) is 7.39. The van der Waals surface area contributed by atoms with Crippen molar-refractivity contribution in [1.29, 1.82) is 0 Å². The van der Waals surface area contributed by atoms with E-state index in [-0.39, 0.29) is 31.1 Å². The predicted octanol–water partition coefficient (Wildman–Crippen LogP) is 3.43. The number of aryl methyl sites for hydroxylation is 1. The van der Waals surface area contributed by atoms with Crippen molar-refractivity contribution < 1.29 is 24.2 Å². The molecule has 206 valence electrons. The Bertz CT molecular complexity index is 1570. The second-order valence-electron chi connectivity index (χ2n) is 11.8. The molecule has 1 atom stereocenters. The molecule has 0 bridgehead atoms. The van der Waals surface area contributed by atoms with Crippen LogP contribution in [0.15, 0.2) is 29.1 Å². The van der Waals surface area contributed by atoms with Crippen LogP contribution in [0.2, 0.25) is 22.5 Å². The molecule has 0 unspecified atom stereocenters. The first-order valence-electron chi connectivity index (χ1n) is 13.3. The van der Waals surface area contributed by atoms with Gasteiger partial charge >= 0.3 is 230 Å². The van der Waals surface area contributed by atoms with Crippen molar-refractivity contribution in [3.05, 3.63) is 56.9 Å². The van der Waals surface area contributed by atoms with Gasteiger partial charge in [-0.15, -0.1) is 0 Å². The Kier molecular flexibility index (Phi) is 6.87. The SMILES string of the molecule is CC[C@@]1(O)C(=O)OCc2c1cc1n(c2=O)Cc2c-1nc1ccc(OCC(=O)N(C)C)cc1c2C[CH2][Ge]([CH3])([CH3])[CH3]. The predicted molar refractivity (Wildman–Crippen MR) is 151 cm³/mol. The van der Waals surface area contributed by atoms with Gasteiger partial charge in [0.15, 0.2) is 0 Å². The Balaban J connectivity index is 1.67. The van der Waals surface area contributed by atoms with Gasteiger partial charge in [-0.1, -0.05) is 0 Å². The van der Waals surface area contributed by atoms with Crippen LogP contribution in [0.1, 0.15) is 35.6 Å². The van der Waals surface area contributed by atoms with Crippen LogP contribution >= 0.6 is 0 Å². The first-order chi connectivity index (χ1) is 18.3. The number of likely N-dealkylation sites (N-methyl/N-ethyl adjacent to an activating group) is 1. The monoisotopic (exact) mass is 595 g/mol. The molecule has 0 saturated carbocycles. The van der Waals surface area contributed by atoms with Crippen LogP contribution in [0.4, 0.5) is 0 Å². The summed E-state index contributed by atoms with van der Waals surface area (Å²) in [6, 6.07) is 7.37. The van der Waals surface area contributed by atoms with Gasteiger partial charge < -0.3 is 0 Å². The molecule has 1 N–H and O–H groups in total. The van der Waals surface area contributed by atoms with E-state index in [4.69, 9.17) is 14.5 Å². The molecule has 4 heterocycles. The van der Waals surface area contributed by atoms with E-state index in [1.54, 1.807) is 37.7 Å². The number of esters is 1. The van der Waals surface area contributed by atoms with Gasteiger partial charge in [0.2, 0.25) is 0 Å². The van der Waals surface area contributed by atoms with E-state index in [1.807, 2.05) is 12.1 Å². The molecule has 0 fully saturated rings. The maximum atomic E-state index is 13.7. The summed E-state index contributed by atoms with van der Waals surface area (Å²) < 4.78 is 12.7. The molecule has 2 aliphatic heterocycles. The fourth-order valence-electron chi connectivity index (χ4n) is 5.29. The summed E-state index contributed by atoms with van der Waals surface area (Å²) >= 11 is -1.94. The zero-order valence-electron chi connectivity index (χ0n) is 23.4. The summed E-state index contributed by atoms with van der Waals surface area (Å²) in [4.78, 5) is 44.7. The molecule has 3 aromatic rings. The van der Waals surface area contributed by atoms with E-state index in [0.717, 1.165) is 33.7 Å². The van der Waals surface area contributed by atoms with Gasteiger partial charge in [-0.3, -0.25) is 0 Å². The Morgan fingerprint density at radius 2 is 1.95 bits per heavy atom. The summed E-state index contributed by atoms with van der Waals surface area (Å²) in [6.07, 6.45) is 0.940. The van der Waals surface area contributed by atoms with Gasteiger partial charge in [-0.2, -0.15) is 0 Å². The number of carbonyl (C=O) groups excluding carboxylic acids is 2. The van der Waals surface area contributed by atoms with Crippen molar-refractivity contribution in [2.45, 2.75) is 61.0 Å². The average molecular weight is 594 g/mol. The van der Waals surface area contributed by atoms with Crippen LogP contribution in [0, 0.1) is 0 Å². The zero-order chi connectivity index (χ0) is 28.3. The van der Waals surface area contributed by atoms with Crippen molar-refractivity contribution in [3.63, 3.8) is 0 Å². The molecule has 2 aliphatic rings. The van der Waals surface area contributed by atoms with Crippen LogP contribution in [0.5, 0.6) is 5.75 Å². The molecule has 2 aromatic heterocycles. The van der Waals surface area contributed by atoms with Crippen LogP contribution in [0.3, 0.4) is 0 Å². The van der Waals surface area contributed by atoms with Crippen molar-refractivity contribution >= 4 is 36.0 Å². The first kappa shape index (κ1) is 27.4. The van der Waals surface area contributed by atoms with Crippen molar-refractivity contribution in [2.24, 2.45) is 0 Å². The standard InChI is InChI=1S/C29H35GeN3O6/c1-7-29(37)22-13-24-26-20(14-33(24)27(35)21(22)15-39-28(29)36)18(10-11-30(2,3)4)19-12-17(8-9-23(19)31-26)38-16-25(34)32(5)6/h8-9,12-13,37H,7,10-11,14-16H2,1-6H3/t29-/m0/s1. The molecule has 0 aliphatic carbocycles. The number of amides is 1. The van der Waals surface area contributed by atoms with Crippen LogP contribution in [-0.4, -0.2) is 65.4 Å². The van der Waals surface area contributed by atoms with E-state index in [9.17, 15) is 19.5 Å². The van der Waals surface area contributed by atoms with Gasteiger partial charge in [0.1, 0.15) is 0 Å². The molecule has 1 aromatic carbocycles. The number of rotatable bonds is 7. The summed E-state index contributed by atoms with van der Waals surface area (Å²) in [5, 5.41) is 13.2. The third kappa shape index (κ3) is 4.76. The van der Waals surface area contributed by atoms with Crippen LogP contribution < -0.4 is 10.3 Å². The van der Waals surface area contributed by atoms with Crippen LogP contribution in [-0.2, 0) is 39.5 Å². The average Bonchev–Trinajstić information content (AvgIpc) is 3.25. The molecule has 10 heteroatoms. The molecular formula is C29H35GeN3O6. The third-order valence-electron chi connectivity index (χ3n) is 7.76. The number of carbonyl (C=O) groups is 2. The minimum atomic E-state index is -1.94. The molecule has 0 radical (unpaired) electrons. The van der Waals surface area contributed by atoms with Gasteiger partial charge in [0.05, 0.1) is 0 Å². The molecular weight excluding hydrogens is 559 g/mol. The molecule has 5 rings (SSSR count). The molecule has 9 nitrogen and oxygen atoms in total. The number of cyclic esters (lactones) is 1. The zero-order valence-corrected chi connectivity index (χ0v) is 25.5. The summed E-state index contributed by atoms with van der Waals surface area (Å²) in [5.74, 6) is 6.86. The third-order valence-corrected chi connectivity index (χ3v) is 11.4. The Hall–Kier alpha value is -3.18. The van der Waals surface area contributed by atoms with Crippen molar-refractivity contribution in [1.82, 2.24) is 14.5 Å². The number of aromatic nitrogens is 2. The van der Waals surface area contributed by atoms with Crippen molar-refractivity contribution in [2.75, 3.05) is 20.7 Å². The van der Waals surface area contributed by atoms with Gasteiger partial charge in [0, 0.05) is 0 Å². The normalized spacial score (nSPS) is 17.9. The van der Waals surface area contributed by atoms with Crippen LogP contribution in [0.25, 0.3) is 22.3 Å². The van der Waals surface area contributed by atoms with E-state index in [0.29, 0.717) is 34.8 Å². The summed E-state index contributed by atoms with van der Waals surface area (Å²) in [5.41, 5.74) is 2.66. The number of hydrogen-bond donors (Lipinski definition) is 1. The number of aliphatic hydroxyl groups is 1. The van der Waals surface area contributed by atoms with E-state index in [2.05, 4.69) is 17.3 Å². The van der Waals surface area contributed by atoms with Gasteiger partial charge in [0.25, 0.3) is 0 Å². The molecule has 39 heavy (non-hydrogen) atoms. The van der Waals surface area contributed by atoms with E-state index in [1.165, 1.54) is 4.90 Å².